The van der Waals surface area contributed by atoms with Gasteiger partial charge in [-0.1, -0.05) is 0 Å². The molecular weight excluding hydrogens is 1180 g/mol. The van der Waals surface area contributed by atoms with Crippen LogP contribution in [0.1, 0.15) is 0 Å². The molecule has 6 heterocycles. The van der Waals surface area contributed by atoms with Crippen molar-refractivity contribution < 1.29 is 4.74 Å². The predicted octanol–water partition coefficient (Wildman–Crippen LogP) is 15.5. The average molecular weight is 1230 g/mol. The van der Waals surface area contributed by atoms with Crippen LogP contribution < -0.4 is 59.8 Å². The van der Waals surface area contributed by atoms with Gasteiger partial charge in [0.15, 0.2) is 0 Å². The first-order valence-corrected chi connectivity index (χ1v) is 32.7. The Labute approximate surface area is 511 Å². The summed E-state index contributed by atoms with van der Waals surface area (Å²) in [6, 6.07) is 109. The summed E-state index contributed by atoms with van der Waals surface area (Å²) < 4.78 is 13.6. The molecule has 0 N–H and O–H groups in total. The van der Waals surface area contributed by atoms with E-state index in [9.17, 15) is 0 Å². The first kappa shape index (κ1) is 49.5. The number of anilines is 15. The van der Waals surface area contributed by atoms with Gasteiger partial charge in [0.1, 0.15) is 0 Å². The van der Waals surface area contributed by atoms with Crippen molar-refractivity contribution in [3.8, 4) is 11.5 Å². The van der Waals surface area contributed by atoms with Crippen LogP contribution >= 0.6 is 0 Å². The molecule has 402 valence electrons. The molecule has 0 saturated heterocycles. The quantitative estimate of drug-likeness (QED) is 0.134. The van der Waals surface area contributed by atoms with Crippen molar-refractivity contribution >= 4 is 178 Å². The number of hydrogen-bond donors (Lipinski definition) is 0. The Morgan fingerprint density at radius 3 is 1.10 bits per heavy atom. The summed E-state index contributed by atoms with van der Waals surface area (Å²) in [6.45, 7) is -0.161. The van der Waals surface area contributed by atoms with Crippen LogP contribution in [0, 0.1) is 0 Å². The molecule has 4 aliphatic heterocycles. The molecule has 0 bridgehead atoms. The zero-order valence-electron chi connectivity index (χ0n) is 46.4. The van der Waals surface area contributed by atoms with Crippen molar-refractivity contribution in [2.24, 2.45) is 0 Å². The fourth-order valence-electron chi connectivity index (χ4n) is 14.1. The molecule has 4 aliphatic rings. The number of nitrogens with zero attached hydrogens (tertiary/aromatic N) is 5. The Bertz CT molecular complexity index is 4880. The first-order chi connectivity index (χ1) is 42.7. The number of ether oxygens (including phenoxy) is 1. The van der Waals surface area contributed by atoms with Gasteiger partial charge in [0.2, 0.25) is 0 Å². The molecule has 10 heteroatoms. The van der Waals surface area contributed by atoms with Crippen LogP contribution in [-0.2, 0) is 0 Å². The molecule has 18 rings (SSSR count). The van der Waals surface area contributed by atoms with Gasteiger partial charge in [-0.05, 0) is 0 Å². The van der Waals surface area contributed by atoms with Crippen molar-refractivity contribution in [2.45, 2.75) is 0 Å². The average Bonchev–Trinajstić information content (AvgIpc) is 1.25. The first-order valence-electron chi connectivity index (χ1n) is 29.3. The zero-order valence-corrected chi connectivity index (χ0v) is 49.8. The molecule has 0 atom stereocenters. The minimum atomic E-state index is -0.0878. The second-order valence-electron chi connectivity index (χ2n) is 22.3. The molecule has 6 nitrogen and oxygen atoms in total. The van der Waals surface area contributed by atoms with Crippen molar-refractivity contribution in [3.63, 3.8) is 0 Å². The van der Waals surface area contributed by atoms with Gasteiger partial charge in [-0.15, -0.1) is 0 Å². The second kappa shape index (κ2) is 19.9. The Balaban J connectivity index is 0.948. The topological polar surface area (TPSA) is 25.4 Å². The van der Waals surface area contributed by atoms with Crippen molar-refractivity contribution in [3.05, 3.63) is 297 Å². The van der Waals surface area contributed by atoms with Crippen LogP contribution in [0.2, 0.25) is 0 Å². The molecule has 0 aliphatic carbocycles. The van der Waals surface area contributed by atoms with E-state index in [0.717, 1.165) is 79.7 Å². The number of para-hydroxylation sites is 7. The van der Waals surface area contributed by atoms with Gasteiger partial charge in [0.25, 0.3) is 0 Å². The second-order valence-corrected chi connectivity index (χ2v) is 26.9. The maximum absolute atomic E-state index is 7.81. The van der Waals surface area contributed by atoms with Gasteiger partial charge in [0.05, 0.1) is 0 Å². The van der Waals surface area contributed by atoms with Crippen LogP contribution in [0.15, 0.2) is 297 Å². The number of rotatable bonds is 9. The van der Waals surface area contributed by atoms with E-state index in [4.69, 9.17) is 4.74 Å². The van der Waals surface area contributed by atoms with Gasteiger partial charge < -0.3 is 0 Å². The summed E-state index contributed by atoms with van der Waals surface area (Å²) in [5.74, 6) is 1.75. The molecule has 0 radical (unpaired) electrons. The third-order valence-electron chi connectivity index (χ3n) is 17.5. The van der Waals surface area contributed by atoms with E-state index in [1.807, 2.05) is 0 Å². The van der Waals surface area contributed by atoms with Gasteiger partial charge in [-0.3, -0.25) is 0 Å². The molecule has 86 heavy (non-hydrogen) atoms. The van der Waals surface area contributed by atoms with E-state index in [0.29, 0.717) is 0 Å². The molecule has 0 amide bonds. The van der Waals surface area contributed by atoms with Gasteiger partial charge in [-0.25, -0.2) is 0 Å². The van der Waals surface area contributed by atoms with E-state index >= 15 is 0 Å². The Kier molecular flexibility index (Phi) is 11.4. The van der Waals surface area contributed by atoms with Crippen molar-refractivity contribution in [2.75, 3.05) is 24.5 Å². The standard InChI is InChI=1S/C76H49B2N5OSe2/c1-8-26-50(27-9-1)79(51-28-10-2-11-29-51)57-44-64-71-65(45-57)82(55-36-18-6-19-37-55)73-59-40-22-24-42-69(59)85-75(73)77(71)61-48-62-67(49-63(61)81(64)54-34-16-5-17-35-54)84-68-47-58(80(52-30-12-3-13-31-52)53-32-14-4-15-33-53)46-66-72(68)78(62)76-74(60-41-23-25-43-70(60)86-76)83(66)56-38-20-7-21-39-56/h1-49H. The van der Waals surface area contributed by atoms with Gasteiger partial charge in [0, 0.05) is 0 Å². The normalized spacial score (nSPS) is 13.1. The summed E-state index contributed by atoms with van der Waals surface area (Å²) in [6.07, 6.45) is 0. The summed E-state index contributed by atoms with van der Waals surface area (Å²) in [7, 11) is 0. The minimum absolute atomic E-state index is 0.00242. The Hall–Kier alpha value is -9.91. The van der Waals surface area contributed by atoms with E-state index in [-0.39, 0.29) is 42.4 Å². The van der Waals surface area contributed by atoms with E-state index < -0.39 is 0 Å². The summed E-state index contributed by atoms with van der Waals surface area (Å²) in [4.78, 5) is 12.5. The molecule has 0 saturated carbocycles. The van der Waals surface area contributed by atoms with Crippen molar-refractivity contribution in [1.82, 2.24) is 0 Å². The monoisotopic (exact) mass is 1230 g/mol. The SMILES string of the molecule is c1ccc(N(c2ccccc2)c2cc3c4c(c2)N(c2ccccc2)c2c([se]c5ccccc25)B4c2cc4c(cc2O3)N(c2ccccc2)c2cc(N(c3ccccc3)c3ccccc3)cc3c2B4c2[se]c4ccccc4c2N3c2ccccc2)cc1. The molecule has 0 spiro atoms. The number of benzene rings is 12. The molecule has 2 aromatic heterocycles. The molecule has 0 fully saturated rings. The van der Waals surface area contributed by atoms with Gasteiger partial charge in [-0.2, -0.15) is 0 Å². The molecule has 14 aromatic rings. The van der Waals surface area contributed by atoms with Crippen LogP contribution in [0.25, 0.3) is 19.3 Å². The third kappa shape index (κ3) is 7.61. The number of fused-ring (bicyclic) bond motifs is 12. The molecular formula is C76H49B2N5OSe2. The van der Waals surface area contributed by atoms with Crippen LogP contribution in [0.5, 0.6) is 11.5 Å². The van der Waals surface area contributed by atoms with Crippen molar-refractivity contribution in [1.29, 1.82) is 0 Å². The summed E-state index contributed by atoms with van der Waals surface area (Å²) in [5.41, 5.74) is 21.9. The van der Waals surface area contributed by atoms with Crippen LogP contribution in [-0.4, -0.2) is 42.4 Å². The van der Waals surface area contributed by atoms with E-state index in [1.54, 1.807) is 0 Å². The van der Waals surface area contributed by atoms with Gasteiger partial charge >= 0.3 is 516 Å². The van der Waals surface area contributed by atoms with Crippen LogP contribution in [0.4, 0.5) is 85.3 Å². The Morgan fingerprint density at radius 1 is 0.291 bits per heavy atom. The van der Waals surface area contributed by atoms with Crippen LogP contribution in [0.3, 0.4) is 0 Å². The number of hydrogen-bond acceptors (Lipinski definition) is 6. The van der Waals surface area contributed by atoms with E-state index in [1.165, 1.54) is 66.9 Å². The summed E-state index contributed by atoms with van der Waals surface area (Å²) >= 11 is 0.00682. The third-order valence-corrected chi connectivity index (χ3v) is 22.7. The summed E-state index contributed by atoms with van der Waals surface area (Å²) in [5, 5.41) is 2.61. The predicted molar refractivity (Wildman–Crippen MR) is 365 cm³/mol. The fourth-order valence-corrected chi connectivity index (χ4v) is 19.6. The Morgan fingerprint density at radius 2 is 0.651 bits per heavy atom. The molecule has 12 aromatic carbocycles. The molecule has 0 unspecified atom stereocenters. The van der Waals surface area contributed by atoms with E-state index in [2.05, 4.69) is 322 Å². The maximum atomic E-state index is 7.81. The zero-order chi connectivity index (χ0) is 56.4. The fraction of sp³-hybridized carbons (Fsp3) is 0.